The number of aryl methyl sites for hydroxylation is 1. The van der Waals surface area contributed by atoms with Crippen LogP contribution in [0.4, 0.5) is 15.3 Å². The van der Waals surface area contributed by atoms with Crippen molar-refractivity contribution in [2.75, 3.05) is 31.5 Å². The molecule has 0 saturated heterocycles. The van der Waals surface area contributed by atoms with Crippen molar-refractivity contribution in [1.82, 2.24) is 31.1 Å². The second-order valence-electron chi connectivity index (χ2n) is 20.4. The second-order valence-corrected chi connectivity index (χ2v) is 20.9. The summed E-state index contributed by atoms with van der Waals surface area (Å²) in [6.45, 7) is 9.95. The van der Waals surface area contributed by atoms with Crippen molar-refractivity contribution in [2.45, 2.75) is 111 Å². The van der Waals surface area contributed by atoms with Gasteiger partial charge < -0.3 is 46.4 Å². The molecule has 1 aliphatic rings. The predicted molar refractivity (Wildman–Crippen MR) is 304 cm³/mol. The molecular weight excluding hydrogens is 1040 g/mol. The number of hydrogen-bond donors (Lipinski definition) is 6. The quantitative estimate of drug-likeness (QED) is 0.0206. The van der Waals surface area contributed by atoms with E-state index in [-0.39, 0.29) is 99.4 Å². The van der Waals surface area contributed by atoms with Crippen LogP contribution >= 0.6 is 11.6 Å². The molecule has 2 heterocycles. The van der Waals surface area contributed by atoms with Crippen LogP contribution in [0.15, 0.2) is 118 Å². The number of urea groups is 1. The van der Waals surface area contributed by atoms with Crippen LogP contribution in [0.25, 0.3) is 11.0 Å². The molecule has 5 aromatic rings. The van der Waals surface area contributed by atoms with Gasteiger partial charge in [0.2, 0.25) is 17.7 Å². The molecule has 19 nitrogen and oxygen atoms in total. The van der Waals surface area contributed by atoms with Gasteiger partial charge in [0.1, 0.15) is 30.0 Å². The van der Waals surface area contributed by atoms with Crippen molar-refractivity contribution in [3.8, 4) is 0 Å². The number of fused-ring (bicyclic) bond motifs is 1. The Morgan fingerprint density at radius 3 is 2.09 bits per heavy atom. The first kappa shape index (κ1) is 60.9. The van der Waals surface area contributed by atoms with Crippen LogP contribution in [0.2, 0.25) is 5.02 Å². The molecule has 7 N–H and O–H groups in total. The van der Waals surface area contributed by atoms with Gasteiger partial charge in [0.05, 0.1) is 11.4 Å². The van der Waals surface area contributed by atoms with Crippen LogP contribution < -0.4 is 37.7 Å². The highest BCUT2D eigenvalue weighted by Crippen LogP contribution is 2.35. The number of carbonyl (C=O) groups excluding carboxylic acids is 8. The van der Waals surface area contributed by atoms with Gasteiger partial charge in [-0.3, -0.25) is 38.5 Å². The standard InChI is InChI=1S/C60H71ClN8O11/c1-37(2)52(67-49(70)17-10-7-11-32-68-50(71)28-29-51(68)72)57(75)66-47(16-12-30-63-59(62)77)56(74)65-44-25-20-41(21-26-44)36-79-60(78)64-31-13-33-69(58(76)42-22-18-39(5)19-23-42)53(38(3)4)55-46(34-40-14-8-6-9-15-40)54(73)45-27-24-43(61)35-48(45)80-55/h6,8-9,14-15,18-29,35,37-38,47,52-53H,7,10-13,16-17,30-34,36H2,1-5H3,(H,64,78)(H,65,74)(H,66,75)(H,67,70)(H3,62,63,77)/t47-,52-,53+/m0/s1. The summed E-state index contributed by atoms with van der Waals surface area (Å²) in [5.74, 6) is -2.75. The fourth-order valence-corrected chi connectivity index (χ4v) is 9.39. The Morgan fingerprint density at radius 2 is 1.43 bits per heavy atom. The molecule has 0 spiro atoms. The monoisotopic (exact) mass is 1110 g/mol. The molecule has 424 valence electrons. The smallest absolute Gasteiger partial charge is 0.407 e. The molecule has 0 unspecified atom stereocenters. The van der Waals surface area contributed by atoms with E-state index in [0.717, 1.165) is 16.0 Å². The number of hydrogen-bond acceptors (Lipinski definition) is 11. The number of nitrogens with zero attached hydrogens (tertiary/aromatic N) is 2. The number of rotatable bonds is 28. The third-order valence-corrected chi connectivity index (χ3v) is 13.7. The number of unbranched alkanes of at least 4 members (excludes halogenated alkanes) is 2. The topological polar surface area (TPSA) is 269 Å². The van der Waals surface area contributed by atoms with Gasteiger partial charge >= 0.3 is 12.1 Å². The summed E-state index contributed by atoms with van der Waals surface area (Å²) in [4.78, 5) is 120. The lowest BCUT2D eigenvalue weighted by molar-refractivity contribution is -0.137. The molecule has 6 rings (SSSR count). The van der Waals surface area contributed by atoms with Gasteiger partial charge in [-0.1, -0.05) is 106 Å². The molecular formula is C60H71ClN8O11. The minimum atomic E-state index is -1.08. The lowest BCUT2D eigenvalue weighted by Gasteiger charge is -2.35. The van der Waals surface area contributed by atoms with Crippen molar-refractivity contribution in [1.29, 1.82) is 0 Å². The van der Waals surface area contributed by atoms with Gasteiger partial charge in [-0.05, 0) is 98.4 Å². The number of carbonyl (C=O) groups is 8. The van der Waals surface area contributed by atoms with E-state index in [0.29, 0.717) is 69.8 Å². The Morgan fingerprint density at radius 1 is 0.738 bits per heavy atom. The van der Waals surface area contributed by atoms with Crippen molar-refractivity contribution in [3.63, 3.8) is 0 Å². The molecule has 1 aromatic heterocycles. The molecule has 0 radical (unpaired) electrons. The van der Waals surface area contributed by atoms with Crippen LogP contribution in [-0.4, -0.2) is 95.6 Å². The summed E-state index contributed by atoms with van der Waals surface area (Å²) in [5, 5.41) is 14.3. The maximum atomic E-state index is 14.6. The maximum absolute atomic E-state index is 14.6. The van der Waals surface area contributed by atoms with Gasteiger partial charge in [0, 0.05) is 79.1 Å². The van der Waals surface area contributed by atoms with Crippen LogP contribution in [0, 0.1) is 18.8 Å². The third kappa shape index (κ3) is 17.6. The maximum Gasteiger partial charge on any atom is 0.407 e. The summed E-state index contributed by atoms with van der Waals surface area (Å²) in [6, 6.07) is 24.8. The third-order valence-electron chi connectivity index (χ3n) is 13.5. The van der Waals surface area contributed by atoms with Crippen LogP contribution in [0.3, 0.4) is 0 Å². The minimum Gasteiger partial charge on any atom is -0.458 e. The Bertz CT molecular complexity index is 3070. The van der Waals surface area contributed by atoms with Gasteiger partial charge in [0.25, 0.3) is 17.7 Å². The van der Waals surface area contributed by atoms with Crippen molar-refractivity contribution < 1.29 is 47.5 Å². The summed E-state index contributed by atoms with van der Waals surface area (Å²) in [5.41, 5.74) is 9.04. The van der Waals surface area contributed by atoms with Crippen LogP contribution in [0.5, 0.6) is 0 Å². The largest absolute Gasteiger partial charge is 0.458 e. The van der Waals surface area contributed by atoms with E-state index in [2.05, 4.69) is 26.6 Å². The highest BCUT2D eigenvalue weighted by molar-refractivity contribution is 6.31. The first-order valence-electron chi connectivity index (χ1n) is 26.9. The van der Waals surface area contributed by atoms with E-state index in [1.165, 1.54) is 12.2 Å². The summed E-state index contributed by atoms with van der Waals surface area (Å²) in [7, 11) is 0. The first-order valence-corrected chi connectivity index (χ1v) is 27.3. The van der Waals surface area contributed by atoms with Crippen molar-refractivity contribution in [3.05, 3.63) is 158 Å². The predicted octanol–water partition coefficient (Wildman–Crippen LogP) is 8.00. The summed E-state index contributed by atoms with van der Waals surface area (Å²) < 4.78 is 12.2. The Hall–Kier alpha value is -8.32. The zero-order valence-electron chi connectivity index (χ0n) is 45.8. The van der Waals surface area contributed by atoms with E-state index < -0.39 is 42.1 Å². The molecule has 80 heavy (non-hydrogen) atoms. The fraction of sp³-hybridized carbons (Fsp3) is 0.383. The Kier molecular flexibility index (Phi) is 22.5. The van der Waals surface area contributed by atoms with Crippen LogP contribution in [-0.2, 0) is 41.7 Å². The number of imide groups is 1. The molecule has 9 amide bonds. The SMILES string of the molecule is Cc1ccc(C(=O)N(CCCNC(=O)OCc2ccc(NC(=O)[C@H](CCCNC(N)=O)NC(=O)[C@@H](NC(=O)CCCCCN3C(=O)C=CC3=O)C(C)C)cc2)[C@@H](c2oc3cc(Cl)ccc3c(=O)c2Cc2ccccc2)C(C)C)cc1. The molecule has 1 aliphatic heterocycles. The number of primary amides is 1. The van der Waals surface area contributed by atoms with E-state index in [1.807, 2.05) is 63.2 Å². The van der Waals surface area contributed by atoms with Gasteiger partial charge in [-0.15, -0.1) is 0 Å². The number of halogens is 1. The Labute approximate surface area is 470 Å². The number of amides is 9. The van der Waals surface area contributed by atoms with Gasteiger partial charge in [-0.2, -0.15) is 0 Å². The zero-order valence-corrected chi connectivity index (χ0v) is 46.6. The molecule has 0 saturated carbocycles. The van der Waals surface area contributed by atoms with E-state index in [1.54, 1.807) is 73.3 Å². The van der Waals surface area contributed by atoms with Gasteiger partial charge in [0.15, 0.2) is 5.43 Å². The minimum absolute atomic E-state index is 0.104. The molecule has 0 bridgehead atoms. The summed E-state index contributed by atoms with van der Waals surface area (Å²) >= 11 is 6.40. The second kappa shape index (κ2) is 29.6. The normalized spacial score (nSPS) is 13.2. The van der Waals surface area contributed by atoms with E-state index in [9.17, 15) is 43.2 Å². The number of nitrogens with one attached hydrogen (secondary N) is 5. The molecule has 0 aliphatic carbocycles. The van der Waals surface area contributed by atoms with E-state index >= 15 is 0 Å². The van der Waals surface area contributed by atoms with Crippen LogP contribution in [0.1, 0.15) is 117 Å². The first-order chi connectivity index (χ1) is 38.3. The Balaban J connectivity index is 1.05. The fourth-order valence-electron chi connectivity index (χ4n) is 9.23. The highest BCUT2D eigenvalue weighted by atomic mass is 35.5. The van der Waals surface area contributed by atoms with Crippen molar-refractivity contribution >= 4 is 75.8 Å². The number of nitrogens with two attached hydrogens (primary N) is 1. The highest BCUT2D eigenvalue weighted by Gasteiger charge is 2.35. The average Bonchev–Trinajstić information content (AvgIpc) is 3.83. The number of alkyl carbamates (subject to hydrolysis) is 1. The number of anilines is 1. The summed E-state index contributed by atoms with van der Waals surface area (Å²) in [6.07, 6.45) is 4.36. The molecule has 4 aromatic carbocycles. The van der Waals surface area contributed by atoms with E-state index in [4.69, 9.17) is 26.5 Å². The molecule has 0 fully saturated rings. The van der Waals surface area contributed by atoms with Gasteiger partial charge in [-0.25, -0.2) is 9.59 Å². The number of benzene rings is 4. The average molecular weight is 1120 g/mol. The zero-order chi connectivity index (χ0) is 57.9. The molecule has 20 heteroatoms. The number of ether oxygens (including phenoxy) is 1. The molecule has 3 atom stereocenters. The lowest BCUT2D eigenvalue weighted by Crippen LogP contribution is -2.54. The lowest BCUT2D eigenvalue weighted by atomic mass is 9.91. The van der Waals surface area contributed by atoms with Crippen molar-refractivity contribution in [2.24, 2.45) is 17.6 Å².